The van der Waals surface area contributed by atoms with Crippen molar-refractivity contribution in [3.05, 3.63) is 35.4 Å². The number of rotatable bonds is 7. The van der Waals surface area contributed by atoms with Crippen LogP contribution in [0.3, 0.4) is 0 Å². The van der Waals surface area contributed by atoms with Crippen LogP contribution in [0.1, 0.15) is 49.8 Å². The van der Waals surface area contributed by atoms with Crippen LogP contribution in [0.15, 0.2) is 24.3 Å². The second kappa shape index (κ2) is 8.46. The predicted molar refractivity (Wildman–Crippen MR) is 93.4 cm³/mol. The summed E-state index contributed by atoms with van der Waals surface area (Å²) in [6, 6.07) is 9.32. The fourth-order valence-electron chi connectivity index (χ4n) is 3.27. The van der Waals surface area contributed by atoms with Gasteiger partial charge in [0.05, 0.1) is 0 Å². The third kappa shape index (κ3) is 5.63. The number of piperidine rings is 1. The molecule has 0 amide bonds. The van der Waals surface area contributed by atoms with Gasteiger partial charge in [-0.15, -0.1) is 0 Å². The fraction of sp³-hybridized carbons (Fsp3) is 0.632. The Kier molecular flexibility index (Phi) is 6.60. The predicted octanol–water partition coefficient (Wildman–Crippen LogP) is 3.39. The molecule has 1 unspecified atom stereocenters. The first-order valence-corrected chi connectivity index (χ1v) is 8.65. The molecule has 0 spiro atoms. The van der Waals surface area contributed by atoms with Gasteiger partial charge in [-0.2, -0.15) is 0 Å². The van der Waals surface area contributed by atoms with Gasteiger partial charge in [0.2, 0.25) is 0 Å². The van der Waals surface area contributed by atoms with Gasteiger partial charge in [0.1, 0.15) is 0 Å². The van der Waals surface area contributed by atoms with E-state index in [2.05, 4.69) is 55.1 Å². The van der Waals surface area contributed by atoms with E-state index in [0.29, 0.717) is 18.4 Å². The number of nitrogens with zero attached hydrogens (tertiary/aromatic N) is 2. The van der Waals surface area contributed by atoms with Crippen molar-refractivity contribution in [1.82, 2.24) is 9.80 Å². The van der Waals surface area contributed by atoms with E-state index in [1.807, 2.05) is 0 Å². The van der Waals surface area contributed by atoms with Crippen LogP contribution in [-0.4, -0.2) is 48.1 Å². The quantitative estimate of drug-likeness (QED) is 0.837. The largest absolute Gasteiger partial charge is 0.481 e. The zero-order valence-electron chi connectivity index (χ0n) is 14.7. The summed E-state index contributed by atoms with van der Waals surface area (Å²) in [6.07, 6.45) is 3.40. The minimum Gasteiger partial charge on any atom is -0.481 e. The highest BCUT2D eigenvalue weighted by atomic mass is 16.4. The molecule has 1 aromatic rings. The first kappa shape index (κ1) is 18.0. The highest BCUT2D eigenvalue weighted by Gasteiger charge is 2.20. The van der Waals surface area contributed by atoms with E-state index in [9.17, 15) is 4.79 Å². The summed E-state index contributed by atoms with van der Waals surface area (Å²) >= 11 is 0. The standard InChI is InChI=1S/C19H30N2O2/c1-15(20(2)3)18-6-4-5-17(13-18)14-21-11-9-16(10-12-21)7-8-19(22)23/h4-6,13,15-16H,7-12,14H2,1-3H3,(H,22,23). The summed E-state index contributed by atoms with van der Waals surface area (Å²) in [5.41, 5.74) is 2.74. The molecular weight excluding hydrogens is 288 g/mol. The normalized spacial score (nSPS) is 18.3. The average Bonchev–Trinajstić information content (AvgIpc) is 2.53. The minimum absolute atomic E-state index is 0.315. The summed E-state index contributed by atoms with van der Waals surface area (Å²) in [4.78, 5) is 15.4. The molecule has 1 fully saturated rings. The van der Waals surface area contributed by atoms with Crippen molar-refractivity contribution in [2.45, 2.75) is 45.2 Å². The first-order chi connectivity index (χ1) is 11.0. The molecule has 1 N–H and O–H groups in total. The van der Waals surface area contributed by atoms with Crippen LogP contribution in [0.4, 0.5) is 0 Å². The van der Waals surface area contributed by atoms with Crippen molar-refractivity contribution in [3.8, 4) is 0 Å². The van der Waals surface area contributed by atoms with Crippen molar-refractivity contribution in [1.29, 1.82) is 0 Å². The number of carbonyl (C=O) groups is 1. The van der Waals surface area contributed by atoms with Gasteiger partial charge in [-0.25, -0.2) is 0 Å². The van der Waals surface area contributed by atoms with Gasteiger partial charge in [-0.3, -0.25) is 9.69 Å². The van der Waals surface area contributed by atoms with Crippen LogP contribution < -0.4 is 0 Å². The highest BCUT2D eigenvalue weighted by molar-refractivity contribution is 5.66. The van der Waals surface area contributed by atoms with Gasteiger partial charge in [0, 0.05) is 19.0 Å². The summed E-state index contributed by atoms with van der Waals surface area (Å²) in [6.45, 7) is 5.39. The van der Waals surface area contributed by atoms with E-state index in [0.717, 1.165) is 38.9 Å². The molecule has 0 aromatic heterocycles. The summed E-state index contributed by atoms with van der Waals surface area (Å²) in [7, 11) is 4.22. The number of hydrogen-bond donors (Lipinski definition) is 1. The molecule has 1 atom stereocenters. The van der Waals surface area contributed by atoms with Gasteiger partial charge in [-0.05, 0) is 70.4 Å². The topological polar surface area (TPSA) is 43.8 Å². The Morgan fingerprint density at radius 2 is 2.04 bits per heavy atom. The molecule has 0 bridgehead atoms. The summed E-state index contributed by atoms with van der Waals surface area (Å²) < 4.78 is 0. The zero-order chi connectivity index (χ0) is 16.8. The zero-order valence-corrected chi connectivity index (χ0v) is 14.7. The van der Waals surface area contributed by atoms with Gasteiger partial charge in [0.25, 0.3) is 0 Å². The average molecular weight is 318 g/mol. The molecule has 23 heavy (non-hydrogen) atoms. The Bertz CT molecular complexity index is 508. The van der Waals surface area contributed by atoms with Crippen molar-refractivity contribution in [2.75, 3.05) is 27.2 Å². The van der Waals surface area contributed by atoms with E-state index < -0.39 is 5.97 Å². The number of benzene rings is 1. The lowest BCUT2D eigenvalue weighted by Crippen LogP contribution is -2.33. The molecule has 1 aliphatic heterocycles. The Morgan fingerprint density at radius 1 is 1.35 bits per heavy atom. The van der Waals surface area contributed by atoms with Gasteiger partial charge < -0.3 is 10.0 Å². The number of hydrogen-bond acceptors (Lipinski definition) is 3. The lowest BCUT2D eigenvalue weighted by molar-refractivity contribution is -0.137. The Hall–Kier alpha value is -1.39. The summed E-state index contributed by atoms with van der Waals surface area (Å²) in [5.74, 6) is -0.0818. The number of likely N-dealkylation sites (tertiary alicyclic amines) is 1. The fourth-order valence-corrected chi connectivity index (χ4v) is 3.27. The molecule has 1 heterocycles. The molecular formula is C19H30N2O2. The second-order valence-electron chi connectivity index (χ2n) is 7.04. The molecule has 1 aromatic carbocycles. The van der Waals surface area contributed by atoms with Crippen LogP contribution in [0, 0.1) is 5.92 Å². The molecule has 0 aliphatic carbocycles. The van der Waals surface area contributed by atoms with Crippen molar-refractivity contribution in [2.24, 2.45) is 5.92 Å². The monoisotopic (exact) mass is 318 g/mol. The van der Waals surface area contributed by atoms with Crippen molar-refractivity contribution >= 4 is 5.97 Å². The van der Waals surface area contributed by atoms with Gasteiger partial charge in [0.15, 0.2) is 0 Å². The minimum atomic E-state index is -0.667. The Labute approximate surface area is 140 Å². The van der Waals surface area contributed by atoms with E-state index in [-0.39, 0.29) is 0 Å². The lowest BCUT2D eigenvalue weighted by Gasteiger charge is -2.32. The smallest absolute Gasteiger partial charge is 0.303 e. The van der Waals surface area contributed by atoms with Crippen molar-refractivity contribution in [3.63, 3.8) is 0 Å². The number of carboxylic acid groups (broad SMARTS) is 1. The maximum absolute atomic E-state index is 10.7. The highest BCUT2D eigenvalue weighted by Crippen LogP contribution is 2.24. The van der Waals surface area contributed by atoms with Crippen LogP contribution in [-0.2, 0) is 11.3 Å². The SMILES string of the molecule is CC(c1cccc(CN2CCC(CCC(=O)O)CC2)c1)N(C)C. The number of carboxylic acids is 1. The van der Waals surface area contributed by atoms with E-state index in [1.165, 1.54) is 11.1 Å². The molecule has 1 aliphatic rings. The molecule has 2 rings (SSSR count). The van der Waals surface area contributed by atoms with Crippen LogP contribution >= 0.6 is 0 Å². The lowest BCUT2D eigenvalue weighted by atomic mass is 9.92. The first-order valence-electron chi connectivity index (χ1n) is 8.65. The van der Waals surface area contributed by atoms with E-state index in [1.54, 1.807) is 0 Å². The van der Waals surface area contributed by atoms with Gasteiger partial charge >= 0.3 is 5.97 Å². The molecule has 4 nitrogen and oxygen atoms in total. The molecule has 4 heteroatoms. The van der Waals surface area contributed by atoms with Gasteiger partial charge in [-0.1, -0.05) is 24.3 Å². The van der Waals surface area contributed by atoms with E-state index in [4.69, 9.17) is 5.11 Å². The Morgan fingerprint density at radius 3 is 2.65 bits per heavy atom. The maximum Gasteiger partial charge on any atom is 0.303 e. The molecule has 1 saturated heterocycles. The third-order valence-electron chi connectivity index (χ3n) is 5.09. The number of aliphatic carboxylic acids is 1. The van der Waals surface area contributed by atoms with E-state index >= 15 is 0 Å². The van der Waals surface area contributed by atoms with Crippen LogP contribution in [0.5, 0.6) is 0 Å². The third-order valence-corrected chi connectivity index (χ3v) is 5.09. The van der Waals surface area contributed by atoms with Crippen LogP contribution in [0.25, 0.3) is 0 Å². The maximum atomic E-state index is 10.7. The molecule has 128 valence electrons. The summed E-state index contributed by atoms with van der Waals surface area (Å²) in [5, 5.41) is 8.79. The molecule has 0 saturated carbocycles. The molecule has 0 radical (unpaired) electrons. The Balaban J connectivity index is 1.84. The van der Waals surface area contributed by atoms with Crippen LogP contribution in [0.2, 0.25) is 0 Å². The van der Waals surface area contributed by atoms with Crippen molar-refractivity contribution < 1.29 is 9.90 Å². The second-order valence-corrected chi connectivity index (χ2v) is 7.04.